The Labute approximate surface area is 127 Å². The third-order valence-corrected chi connectivity index (χ3v) is 4.24. The molecule has 1 fully saturated rings. The number of nitrogens with one attached hydrogen (secondary N) is 1. The smallest absolute Gasteiger partial charge is 0.223 e. The Morgan fingerprint density at radius 2 is 1.95 bits per heavy atom. The van der Waals surface area contributed by atoms with Crippen molar-refractivity contribution in [3.63, 3.8) is 0 Å². The van der Waals surface area contributed by atoms with Crippen molar-refractivity contribution in [3.8, 4) is 0 Å². The summed E-state index contributed by atoms with van der Waals surface area (Å²) in [5.41, 5.74) is 1.88. The molecule has 4 nitrogen and oxygen atoms in total. The first-order valence-electron chi connectivity index (χ1n) is 7.92. The van der Waals surface area contributed by atoms with Crippen LogP contribution < -0.4 is 5.32 Å². The third-order valence-electron chi connectivity index (χ3n) is 4.24. The number of aliphatic hydroxyl groups excluding tert-OH is 1. The fraction of sp³-hybridized carbons (Fsp3) is 0.588. The molecule has 0 bridgehead atoms. The van der Waals surface area contributed by atoms with Gasteiger partial charge in [0, 0.05) is 12.5 Å². The van der Waals surface area contributed by atoms with Gasteiger partial charge in [-0.1, -0.05) is 31.2 Å². The highest BCUT2D eigenvalue weighted by atomic mass is 16.3. The van der Waals surface area contributed by atoms with Gasteiger partial charge >= 0.3 is 0 Å². The lowest BCUT2D eigenvalue weighted by Gasteiger charge is -2.31. The highest BCUT2D eigenvalue weighted by Gasteiger charge is 2.24. The first-order chi connectivity index (χ1) is 10.2. The van der Waals surface area contributed by atoms with Gasteiger partial charge in [0.25, 0.3) is 0 Å². The Bertz CT molecular complexity index is 454. The molecule has 0 unspecified atom stereocenters. The fourth-order valence-electron chi connectivity index (χ4n) is 2.95. The van der Waals surface area contributed by atoms with Crippen molar-refractivity contribution >= 4 is 5.91 Å². The highest BCUT2D eigenvalue weighted by Crippen LogP contribution is 2.18. The lowest BCUT2D eigenvalue weighted by Crippen LogP contribution is -2.40. The Morgan fingerprint density at radius 3 is 2.57 bits per heavy atom. The van der Waals surface area contributed by atoms with Crippen molar-refractivity contribution in [2.75, 3.05) is 19.6 Å². The van der Waals surface area contributed by atoms with Gasteiger partial charge in [0.15, 0.2) is 0 Å². The zero-order valence-corrected chi connectivity index (χ0v) is 12.8. The summed E-state index contributed by atoms with van der Waals surface area (Å²) in [5.74, 6) is 0.290. The first-order valence-corrected chi connectivity index (χ1v) is 7.92. The molecule has 1 aromatic rings. The van der Waals surface area contributed by atoms with E-state index in [-0.39, 0.29) is 18.4 Å². The molecule has 1 heterocycles. The summed E-state index contributed by atoms with van der Waals surface area (Å²) in [4.78, 5) is 14.7. The van der Waals surface area contributed by atoms with Gasteiger partial charge < -0.3 is 15.3 Å². The number of carbonyl (C=O) groups excluding carboxylic acids is 1. The molecule has 1 aliphatic rings. The topological polar surface area (TPSA) is 52.6 Å². The van der Waals surface area contributed by atoms with Gasteiger partial charge in [-0.15, -0.1) is 0 Å². The Hall–Kier alpha value is -1.39. The van der Waals surface area contributed by atoms with Crippen molar-refractivity contribution in [1.82, 2.24) is 10.2 Å². The summed E-state index contributed by atoms with van der Waals surface area (Å²) in [7, 11) is 0. The van der Waals surface area contributed by atoms with Crippen LogP contribution in [0.4, 0.5) is 0 Å². The molecule has 0 saturated carbocycles. The van der Waals surface area contributed by atoms with E-state index >= 15 is 0 Å². The van der Waals surface area contributed by atoms with Gasteiger partial charge in [0.2, 0.25) is 5.91 Å². The average molecular weight is 290 g/mol. The van der Waals surface area contributed by atoms with Crippen LogP contribution in [-0.4, -0.2) is 35.5 Å². The lowest BCUT2D eigenvalue weighted by molar-refractivity contribution is -0.126. The van der Waals surface area contributed by atoms with Crippen LogP contribution in [0.25, 0.3) is 0 Å². The van der Waals surface area contributed by atoms with E-state index in [1.165, 1.54) is 6.42 Å². The second kappa shape index (κ2) is 8.15. The van der Waals surface area contributed by atoms with Crippen LogP contribution in [0.2, 0.25) is 0 Å². The number of likely N-dealkylation sites (tertiary alicyclic amines) is 1. The summed E-state index contributed by atoms with van der Waals surface area (Å²) in [6.45, 7) is 5.90. The Morgan fingerprint density at radius 1 is 1.29 bits per heavy atom. The average Bonchev–Trinajstić information content (AvgIpc) is 2.54. The van der Waals surface area contributed by atoms with Crippen LogP contribution in [-0.2, 0) is 17.9 Å². The zero-order valence-electron chi connectivity index (χ0n) is 12.8. The number of hydrogen-bond acceptors (Lipinski definition) is 3. The number of piperidine rings is 1. The lowest BCUT2D eigenvalue weighted by atomic mass is 9.95. The molecule has 1 saturated heterocycles. The van der Waals surface area contributed by atoms with Gasteiger partial charge in [-0.2, -0.15) is 0 Å². The van der Waals surface area contributed by atoms with E-state index in [1.807, 2.05) is 24.3 Å². The van der Waals surface area contributed by atoms with E-state index in [1.54, 1.807) is 0 Å². The first kappa shape index (κ1) is 16.0. The van der Waals surface area contributed by atoms with Crippen LogP contribution in [0.1, 0.15) is 37.3 Å². The number of carbonyl (C=O) groups is 1. The normalized spacial score (nSPS) is 16.9. The molecule has 1 amide bonds. The number of rotatable bonds is 6. The van der Waals surface area contributed by atoms with Gasteiger partial charge in [-0.05, 0) is 50.0 Å². The molecule has 0 radical (unpaired) electrons. The van der Waals surface area contributed by atoms with Crippen LogP contribution >= 0.6 is 0 Å². The van der Waals surface area contributed by atoms with Crippen molar-refractivity contribution in [2.45, 2.75) is 39.3 Å². The number of amides is 1. The van der Waals surface area contributed by atoms with Crippen LogP contribution in [0.5, 0.6) is 0 Å². The van der Waals surface area contributed by atoms with E-state index in [4.69, 9.17) is 0 Å². The number of benzene rings is 1. The second-order valence-electron chi connectivity index (χ2n) is 5.76. The molecular weight excluding hydrogens is 264 g/mol. The third kappa shape index (κ3) is 4.55. The fourth-order valence-corrected chi connectivity index (χ4v) is 2.95. The van der Waals surface area contributed by atoms with Crippen molar-refractivity contribution in [3.05, 3.63) is 35.4 Å². The van der Waals surface area contributed by atoms with Gasteiger partial charge in [0.05, 0.1) is 6.61 Å². The molecule has 1 aliphatic heterocycles. The van der Waals surface area contributed by atoms with E-state index < -0.39 is 0 Å². The summed E-state index contributed by atoms with van der Waals surface area (Å²) >= 11 is 0. The largest absolute Gasteiger partial charge is 0.392 e. The maximum absolute atomic E-state index is 12.2. The van der Waals surface area contributed by atoms with Gasteiger partial charge in [-0.25, -0.2) is 0 Å². The standard InChI is InChI=1S/C17H26N2O2/c1-2-9-19-10-7-14(8-11-19)17(21)18-12-15-5-3-4-6-16(15)13-20/h3-6,14,20H,2,7-13H2,1H3,(H,18,21). The molecule has 0 spiro atoms. The molecule has 0 aromatic heterocycles. The van der Waals surface area contributed by atoms with E-state index in [0.29, 0.717) is 6.54 Å². The summed E-state index contributed by atoms with van der Waals surface area (Å²) in [5, 5.41) is 12.3. The molecule has 2 rings (SSSR count). The molecule has 21 heavy (non-hydrogen) atoms. The minimum absolute atomic E-state index is 0.0153. The number of hydrogen-bond donors (Lipinski definition) is 2. The van der Waals surface area contributed by atoms with Crippen molar-refractivity contribution < 1.29 is 9.90 Å². The van der Waals surface area contributed by atoms with E-state index in [9.17, 15) is 9.90 Å². The number of nitrogens with zero attached hydrogens (tertiary/aromatic N) is 1. The minimum atomic E-state index is 0.0153. The molecule has 0 aliphatic carbocycles. The second-order valence-corrected chi connectivity index (χ2v) is 5.76. The van der Waals surface area contributed by atoms with Crippen molar-refractivity contribution in [2.24, 2.45) is 5.92 Å². The van der Waals surface area contributed by atoms with Crippen LogP contribution in [0.3, 0.4) is 0 Å². The van der Waals surface area contributed by atoms with Crippen molar-refractivity contribution in [1.29, 1.82) is 0 Å². The maximum atomic E-state index is 12.2. The van der Waals surface area contributed by atoms with E-state index in [0.717, 1.165) is 43.6 Å². The SMILES string of the molecule is CCCN1CCC(C(=O)NCc2ccccc2CO)CC1. The van der Waals surface area contributed by atoms with Crippen LogP contribution in [0, 0.1) is 5.92 Å². The summed E-state index contributed by atoms with van der Waals surface area (Å²) in [6, 6.07) is 7.69. The summed E-state index contributed by atoms with van der Waals surface area (Å²) < 4.78 is 0. The highest BCUT2D eigenvalue weighted by molar-refractivity contribution is 5.78. The number of aliphatic hydroxyl groups is 1. The Kier molecular flexibility index (Phi) is 6.21. The molecule has 1 aromatic carbocycles. The maximum Gasteiger partial charge on any atom is 0.223 e. The monoisotopic (exact) mass is 290 g/mol. The molecule has 2 N–H and O–H groups in total. The van der Waals surface area contributed by atoms with Gasteiger partial charge in [-0.3, -0.25) is 4.79 Å². The Balaban J connectivity index is 1.80. The molecular formula is C17H26N2O2. The summed E-state index contributed by atoms with van der Waals surface area (Å²) in [6.07, 6.45) is 3.08. The minimum Gasteiger partial charge on any atom is -0.392 e. The van der Waals surface area contributed by atoms with Gasteiger partial charge in [0.1, 0.15) is 0 Å². The quantitative estimate of drug-likeness (QED) is 0.841. The predicted molar refractivity (Wildman–Crippen MR) is 83.7 cm³/mol. The van der Waals surface area contributed by atoms with E-state index in [2.05, 4.69) is 17.1 Å². The molecule has 4 heteroatoms. The molecule has 116 valence electrons. The molecule has 0 atom stereocenters. The van der Waals surface area contributed by atoms with Crippen LogP contribution in [0.15, 0.2) is 24.3 Å². The predicted octanol–water partition coefficient (Wildman–Crippen LogP) is 1.92. The zero-order chi connectivity index (χ0) is 15.1.